The van der Waals surface area contributed by atoms with E-state index in [2.05, 4.69) is 25.2 Å². The van der Waals surface area contributed by atoms with Crippen molar-refractivity contribution in [2.24, 2.45) is 0 Å². The minimum atomic E-state index is -0.0317. The molecule has 3 heterocycles. The Morgan fingerprint density at radius 1 is 1.20 bits per heavy atom. The molecule has 1 aliphatic rings. The number of aryl methyl sites for hydroxylation is 1. The van der Waals surface area contributed by atoms with Crippen molar-refractivity contribution < 1.29 is 9.53 Å². The van der Waals surface area contributed by atoms with Crippen LogP contribution < -0.4 is 15.0 Å². The van der Waals surface area contributed by atoms with Crippen molar-refractivity contribution in [1.29, 1.82) is 0 Å². The number of nitrogens with zero attached hydrogens (tertiary/aromatic N) is 4. The molecule has 0 saturated carbocycles. The first-order chi connectivity index (χ1) is 14.7. The van der Waals surface area contributed by atoms with E-state index in [1.807, 2.05) is 37.3 Å². The van der Waals surface area contributed by atoms with Gasteiger partial charge in [-0.15, -0.1) is 11.3 Å². The number of anilines is 1. The first-order valence-electron chi connectivity index (χ1n) is 10.2. The first-order valence-corrected chi connectivity index (χ1v) is 12.0. The van der Waals surface area contributed by atoms with E-state index < -0.39 is 0 Å². The van der Waals surface area contributed by atoms with E-state index in [0.717, 1.165) is 33.5 Å². The highest BCUT2D eigenvalue weighted by Gasteiger charge is 2.14. The maximum atomic E-state index is 12.1. The smallest absolute Gasteiger partial charge is 0.230 e. The first kappa shape index (κ1) is 20.9. The fourth-order valence-electron chi connectivity index (χ4n) is 3.32. The van der Waals surface area contributed by atoms with E-state index in [0.29, 0.717) is 30.6 Å². The molecule has 9 heteroatoms. The Kier molecular flexibility index (Phi) is 7.01. The zero-order valence-electron chi connectivity index (χ0n) is 17.0. The molecule has 0 aliphatic carbocycles. The maximum Gasteiger partial charge on any atom is 0.230 e. The number of piperidine rings is 1. The molecule has 1 aromatic carbocycles. The summed E-state index contributed by atoms with van der Waals surface area (Å²) in [5, 5.41) is 2.89. The molecule has 7 nitrogen and oxygen atoms in total. The number of ether oxygens (including phenoxy) is 1. The van der Waals surface area contributed by atoms with Crippen molar-refractivity contribution in [3.8, 4) is 5.88 Å². The minimum Gasteiger partial charge on any atom is -0.476 e. The van der Waals surface area contributed by atoms with Gasteiger partial charge in [0.15, 0.2) is 4.34 Å². The van der Waals surface area contributed by atoms with Crippen LogP contribution in [0.15, 0.2) is 34.7 Å². The summed E-state index contributed by atoms with van der Waals surface area (Å²) in [6.07, 6.45) is 3.67. The van der Waals surface area contributed by atoms with E-state index in [1.54, 1.807) is 11.3 Å². The Hall–Kier alpha value is -2.39. The number of hydrogen-bond donors (Lipinski definition) is 1. The number of amides is 1. The molecule has 0 radical (unpaired) electrons. The van der Waals surface area contributed by atoms with Crippen molar-refractivity contribution in [3.63, 3.8) is 0 Å². The molecule has 1 fully saturated rings. The second-order valence-electron chi connectivity index (χ2n) is 7.09. The van der Waals surface area contributed by atoms with Gasteiger partial charge in [0.25, 0.3) is 0 Å². The van der Waals surface area contributed by atoms with Crippen LogP contribution in [0.4, 0.5) is 5.82 Å². The van der Waals surface area contributed by atoms with Crippen LogP contribution in [0.2, 0.25) is 0 Å². The highest BCUT2D eigenvalue weighted by atomic mass is 32.2. The summed E-state index contributed by atoms with van der Waals surface area (Å²) in [6, 6.07) is 9.89. The highest BCUT2D eigenvalue weighted by molar-refractivity contribution is 8.01. The van der Waals surface area contributed by atoms with Gasteiger partial charge in [-0.3, -0.25) is 4.79 Å². The summed E-state index contributed by atoms with van der Waals surface area (Å²) in [5.74, 6) is 2.49. The van der Waals surface area contributed by atoms with Crippen molar-refractivity contribution in [3.05, 3.63) is 36.2 Å². The van der Waals surface area contributed by atoms with E-state index in [4.69, 9.17) is 4.74 Å². The fourth-order valence-corrected chi connectivity index (χ4v) is 5.22. The largest absolute Gasteiger partial charge is 0.476 e. The lowest BCUT2D eigenvalue weighted by molar-refractivity contribution is -0.118. The van der Waals surface area contributed by atoms with Gasteiger partial charge in [0.1, 0.15) is 18.2 Å². The third-order valence-electron chi connectivity index (χ3n) is 4.76. The Balaban J connectivity index is 1.20. The molecule has 1 saturated heterocycles. The van der Waals surface area contributed by atoms with Crippen LogP contribution in [0.25, 0.3) is 10.2 Å². The van der Waals surface area contributed by atoms with Gasteiger partial charge in [-0.2, -0.15) is 4.98 Å². The van der Waals surface area contributed by atoms with Gasteiger partial charge in [0.05, 0.1) is 22.5 Å². The number of aromatic nitrogens is 3. The van der Waals surface area contributed by atoms with E-state index in [1.165, 1.54) is 31.0 Å². The van der Waals surface area contributed by atoms with Gasteiger partial charge in [-0.05, 0) is 38.3 Å². The molecule has 3 aromatic rings. The van der Waals surface area contributed by atoms with E-state index in [-0.39, 0.29) is 5.91 Å². The number of rotatable bonds is 8. The summed E-state index contributed by atoms with van der Waals surface area (Å²) in [7, 11) is 0. The standard InChI is InChI=1S/C21H25N5O2S2/c1-15-23-18(26-10-5-2-6-11-26)13-20(24-15)28-12-9-22-19(27)14-29-21-25-16-7-3-4-8-17(16)30-21/h3-4,7-8,13H,2,5-6,9-12,14H2,1H3,(H,22,27). The van der Waals surface area contributed by atoms with Crippen molar-refractivity contribution in [1.82, 2.24) is 20.3 Å². The molecular formula is C21H25N5O2S2. The number of thioether (sulfide) groups is 1. The number of nitrogens with one attached hydrogen (secondary N) is 1. The average Bonchev–Trinajstić information content (AvgIpc) is 3.19. The zero-order chi connectivity index (χ0) is 20.8. The number of carbonyl (C=O) groups is 1. The predicted molar refractivity (Wildman–Crippen MR) is 122 cm³/mol. The normalized spacial score (nSPS) is 14.1. The minimum absolute atomic E-state index is 0.0317. The lowest BCUT2D eigenvalue weighted by atomic mass is 10.1. The lowest BCUT2D eigenvalue weighted by Crippen LogP contribution is -2.31. The molecule has 1 aliphatic heterocycles. The fraction of sp³-hybridized carbons (Fsp3) is 0.429. The average molecular weight is 444 g/mol. The van der Waals surface area contributed by atoms with Gasteiger partial charge in [-0.25, -0.2) is 9.97 Å². The van der Waals surface area contributed by atoms with Gasteiger partial charge >= 0.3 is 0 Å². The molecule has 0 atom stereocenters. The van der Waals surface area contributed by atoms with Crippen LogP contribution in [0.5, 0.6) is 5.88 Å². The Labute approximate surface area is 184 Å². The number of benzene rings is 1. The van der Waals surface area contributed by atoms with Gasteiger partial charge in [0.2, 0.25) is 11.8 Å². The zero-order valence-corrected chi connectivity index (χ0v) is 18.6. The van der Waals surface area contributed by atoms with Gasteiger partial charge < -0.3 is 15.0 Å². The summed E-state index contributed by atoms with van der Waals surface area (Å²) in [5.41, 5.74) is 0.975. The molecule has 30 heavy (non-hydrogen) atoms. The van der Waals surface area contributed by atoms with Crippen LogP contribution in [0, 0.1) is 6.92 Å². The van der Waals surface area contributed by atoms with Crippen molar-refractivity contribution >= 4 is 45.0 Å². The van der Waals surface area contributed by atoms with Gasteiger partial charge in [0, 0.05) is 19.2 Å². The number of carbonyl (C=O) groups excluding carboxylic acids is 1. The van der Waals surface area contributed by atoms with E-state index >= 15 is 0 Å². The highest BCUT2D eigenvalue weighted by Crippen LogP contribution is 2.29. The monoisotopic (exact) mass is 443 g/mol. The molecule has 0 unspecified atom stereocenters. The van der Waals surface area contributed by atoms with Gasteiger partial charge in [-0.1, -0.05) is 23.9 Å². The number of thiazole rings is 1. The van der Waals surface area contributed by atoms with Crippen LogP contribution in [0.1, 0.15) is 25.1 Å². The molecule has 1 N–H and O–H groups in total. The molecule has 158 valence electrons. The Bertz CT molecular complexity index is 971. The van der Waals surface area contributed by atoms with Crippen molar-refractivity contribution in [2.45, 2.75) is 30.5 Å². The molecule has 1 amide bonds. The Morgan fingerprint density at radius 3 is 2.87 bits per heavy atom. The molecule has 0 spiro atoms. The third-order valence-corrected chi connectivity index (χ3v) is 6.94. The molecule has 4 rings (SSSR count). The topological polar surface area (TPSA) is 80.2 Å². The molecule has 2 aromatic heterocycles. The summed E-state index contributed by atoms with van der Waals surface area (Å²) < 4.78 is 7.81. The van der Waals surface area contributed by atoms with Crippen LogP contribution >= 0.6 is 23.1 Å². The second kappa shape index (κ2) is 10.1. The van der Waals surface area contributed by atoms with E-state index in [9.17, 15) is 4.79 Å². The summed E-state index contributed by atoms with van der Waals surface area (Å²) >= 11 is 3.07. The molecule has 0 bridgehead atoms. The molecular weight excluding hydrogens is 418 g/mol. The third kappa shape index (κ3) is 5.60. The second-order valence-corrected chi connectivity index (χ2v) is 9.35. The van der Waals surface area contributed by atoms with Crippen LogP contribution in [-0.2, 0) is 4.79 Å². The maximum absolute atomic E-state index is 12.1. The predicted octanol–water partition coefficient (Wildman–Crippen LogP) is 3.67. The lowest BCUT2D eigenvalue weighted by Gasteiger charge is -2.28. The van der Waals surface area contributed by atoms with Crippen molar-refractivity contribution in [2.75, 3.05) is 36.9 Å². The summed E-state index contributed by atoms with van der Waals surface area (Å²) in [4.78, 5) is 27.8. The summed E-state index contributed by atoms with van der Waals surface area (Å²) in [6.45, 7) is 4.73. The number of hydrogen-bond acceptors (Lipinski definition) is 8. The van der Waals surface area contributed by atoms with Crippen LogP contribution in [-0.4, -0.2) is 52.9 Å². The Morgan fingerprint density at radius 2 is 2.03 bits per heavy atom. The SMILES string of the molecule is Cc1nc(OCCNC(=O)CSc2nc3ccccc3s2)cc(N2CCCCC2)n1. The number of para-hydroxylation sites is 1. The van der Waals surface area contributed by atoms with Crippen LogP contribution in [0.3, 0.4) is 0 Å². The number of fused-ring (bicyclic) bond motifs is 1. The quantitative estimate of drug-likeness (QED) is 0.420.